The highest BCUT2D eigenvalue weighted by molar-refractivity contribution is 5.81. The molecule has 4 aromatic rings. The Morgan fingerprint density at radius 1 is 0.521 bits per heavy atom. The molecule has 0 aliphatic rings. The van der Waals surface area contributed by atoms with Crippen LogP contribution in [0.3, 0.4) is 0 Å². The monoisotopic (exact) mass is 652 g/mol. The first-order valence-electron chi connectivity index (χ1n) is 15.6. The van der Waals surface area contributed by atoms with Gasteiger partial charge in [0.05, 0.1) is 19.6 Å². The highest BCUT2D eigenvalue weighted by Gasteiger charge is 2.45. The maximum absolute atomic E-state index is 13.3. The summed E-state index contributed by atoms with van der Waals surface area (Å²) in [6.07, 6.45) is 0.0349. The minimum atomic E-state index is -1.67. The summed E-state index contributed by atoms with van der Waals surface area (Å²) in [5.41, 5.74) is 1.35. The molecule has 0 spiro atoms. The number of carboxylic acids is 2. The molecule has 48 heavy (non-hydrogen) atoms. The molecule has 4 rings (SSSR count). The molecule has 0 fully saturated rings. The summed E-state index contributed by atoms with van der Waals surface area (Å²) < 4.78 is 10.9. The Morgan fingerprint density at radius 3 is 1.25 bits per heavy atom. The number of hydrogen-bond acceptors (Lipinski definition) is 8. The Balaban J connectivity index is 1.58. The number of benzene rings is 4. The largest absolute Gasteiger partial charge is 0.480 e. The lowest BCUT2D eigenvalue weighted by Gasteiger charge is -2.41. The van der Waals surface area contributed by atoms with Gasteiger partial charge in [-0.1, -0.05) is 121 Å². The van der Waals surface area contributed by atoms with Gasteiger partial charge in [-0.05, 0) is 22.3 Å². The van der Waals surface area contributed by atoms with Gasteiger partial charge in [-0.25, -0.2) is 0 Å². The lowest BCUT2D eigenvalue weighted by atomic mass is 9.82. The molecule has 0 saturated carbocycles. The number of nitrogens with zero attached hydrogens (tertiary/aromatic N) is 2. The molecule has 0 amide bonds. The number of carboxylic acid groups (broad SMARTS) is 2. The minimum Gasteiger partial charge on any atom is -0.480 e. The van der Waals surface area contributed by atoms with Crippen LogP contribution in [0.5, 0.6) is 0 Å². The number of esters is 2. The molecule has 4 aromatic carbocycles. The Bertz CT molecular complexity index is 1500. The number of ether oxygens (including phenoxy) is 2. The smallest absolute Gasteiger partial charge is 0.324 e. The predicted molar refractivity (Wildman–Crippen MR) is 179 cm³/mol. The van der Waals surface area contributed by atoms with Crippen LogP contribution in [-0.2, 0) is 54.7 Å². The Hall–Kier alpha value is -5.32. The molecule has 0 aliphatic heterocycles. The first kappa shape index (κ1) is 35.5. The van der Waals surface area contributed by atoms with Gasteiger partial charge in [0.1, 0.15) is 18.8 Å². The Labute approximate surface area is 280 Å². The Kier molecular flexibility index (Phi) is 13.4. The van der Waals surface area contributed by atoms with Crippen molar-refractivity contribution < 1.29 is 38.9 Å². The van der Waals surface area contributed by atoms with E-state index >= 15 is 0 Å². The van der Waals surface area contributed by atoms with Crippen LogP contribution in [0.1, 0.15) is 22.3 Å². The van der Waals surface area contributed by atoms with Crippen molar-refractivity contribution in [3.8, 4) is 0 Å². The van der Waals surface area contributed by atoms with Gasteiger partial charge in [0.15, 0.2) is 0 Å². The molecule has 0 atom stereocenters. The molecule has 0 aromatic heterocycles. The fourth-order valence-corrected chi connectivity index (χ4v) is 5.46. The molecule has 2 N–H and O–H groups in total. The zero-order valence-electron chi connectivity index (χ0n) is 26.6. The molecule has 0 bridgehead atoms. The van der Waals surface area contributed by atoms with Crippen molar-refractivity contribution in [3.63, 3.8) is 0 Å². The van der Waals surface area contributed by atoms with Crippen LogP contribution in [0.4, 0.5) is 0 Å². The third-order valence-electron chi connectivity index (χ3n) is 7.89. The molecule has 0 radical (unpaired) electrons. The third-order valence-corrected chi connectivity index (χ3v) is 7.89. The number of carbonyl (C=O) groups is 4. The van der Waals surface area contributed by atoms with Gasteiger partial charge < -0.3 is 19.7 Å². The zero-order chi connectivity index (χ0) is 34.2. The molecule has 0 heterocycles. The van der Waals surface area contributed by atoms with Crippen LogP contribution in [-0.4, -0.2) is 82.2 Å². The average Bonchev–Trinajstić information content (AvgIpc) is 3.09. The van der Waals surface area contributed by atoms with Crippen molar-refractivity contribution in [2.24, 2.45) is 0 Å². The second-order valence-corrected chi connectivity index (χ2v) is 11.5. The maximum Gasteiger partial charge on any atom is 0.324 e. The van der Waals surface area contributed by atoms with E-state index in [0.717, 1.165) is 22.3 Å². The van der Waals surface area contributed by atoms with E-state index in [1.165, 1.54) is 9.80 Å². The van der Waals surface area contributed by atoms with E-state index in [-0.39, 0.29) is 52.2 Å². The number of rotatable bonds is 19. The van der Waals surface area contributed by atoms with Crippen LogP contribution >= 0.6 is 0 Å². The van der Waals surface area contributed by atoms with E-state index in [9.17, 15) is 29.4 Å². The third kappa shape index (κ3) is 11.2. The minimum absolute atomic E-state index is 0.0174. The van der Waals surface area contributed by atoms with Gasteiger partial charge in [-0.2, -0.15) is 0 Å². The zero-order valence-corrected chi connectivity index (χ0v) is 26.6. The van der Waals surface area contributed by atoms with Gasteiger partial charge in [0.25, 0.3) is 0 Å². The van der Waals surface area contributed by atoms with Crippen molar-refractivity contribution in [1.29, 1.82) is 0 Å². The van der Waals surface area contributed by atoms with Crippen molar-refractivity contribution in [1.82, 2.24) is 9.80 Å². The summed E-state index contributed by atoms with van der Waals surface area (Å²) in [6, 6.07) is 36.4. The van der Waals surface area contributed by atoms with Gasteiger partial charge in [0, 0.05) is 25.9 Å². The predicted octanol–water partition coefficient (Wildman–Crippen LogP) is 4.47. The van der Waals surface area contributed by atoms with Crippen LogP contribution in [0.2, 0.25) is 0 Å². The summed E-state index contributed by atoms with van der Waals surface area (Å²) in [7, 11) is 0. The summed E-state index contributed by atoms with van der Waals surface area (Å²) in [5.74, 6) is -3.60. The van der Waals surface area contributed by atoms with Crippen LogP contribution < -0.4 is 0 Å². The van der Waals surface area contributed by atoms with E-state index in [4.69, 9.17) is 9.47 Å². The lowest BCUT2D eigenvalue weighted by molar-refractivity contribution is -0.157. The number of aliphatic carboxylic acids is 2. The second kappa shape index (κ2) is 18.1. The molecule has 10 nitrogen and oxygen atoms in total. The van der Waals surface area contributed by atoms with Crippen molar-refractivity contribution >= 4 is 23.9 Å². The molecule has 10 heteroatoms. The lowest BCUT2D eigenvalue weighted by Crippen LogP contribution is -2.60. The topological polar surface area (TPSA) is 134 Å². The first-order valence-corrected chi connectivity index (χ1v) is 15.6. The average molecular weight is 653 g/mol. The molecule has 0 aliphatic carbocycles. The van der Waals surface area contributed by atoms with Crippen molar-refractivity contribution in [2.75, 3.05) is 32.7 Å². The van der Waals surface area contributed by atoms with E-state index < -0.39 is 36.0 Å². The summed E-state index contributed by atoms with van der Waals surface area (Å²) in [6.45, 7) is -1.22. The van der Waals surface area contributed by atoms with Crippen molar-refractivity contribution in [2.45, 2.75) is 31.6 Å². The van der Waals surface area contributed by atoms with Gasteiger partial charge >= 0.3 is 23.9 Å². The fraction of sp³-hybridized carbons (Fsp3) is 0.263. The standard InChI is InChI=1S/C38H40N2O8/c41-34(42)25-40(38(37(45)46,23-30-13-5-1-6-14-30)24-31-15-7-2-8-16-31)22-21-39(26-35(43)47-28-32-17-9-3-10-18-32)27-36(44)48-29-33-19-11-4-12-20-33/h1-20H,21-29H2,(H,41,42)(H,45,46). The van der Waals surface area contributed by atoms with Crippen LogP contribution in [0.15, 0.2) is 121 Å². The van der Waals surface area contributed by atoms with Crippen LogP contribution in [0, 0.1) is 0 Å². The highest BCUT2D eigenvalue weighted by Crippen LogP contribution is 2.27. The molecule has 0 saturated heterocycles. The molecular formula is C38H40N2O8. The van der Waals surface area contributed by atoms with Crippen molar-refractivity contribution in [3.05, 3.63) is 144 Å². The summed E-state index contributed by atoms with van der Waals surface area (Å²) >= 11 is 0. The van der Waals surface area contributed by atoms with Crippen LogP contribution in [0.25, 0.3) is 0 Å². The van der Waals surface area contributed by atoms with E-state index in [0.29, 0.717) is 0 Å². The summed E-state index contributed by atoms with van der Waals surface area (Å²) in [5, 5.41) is 20.8. The number of hydrogen-bond donors (Lipinski definition) is 2. The molecule has 0 unspecified atom stereocenters. The molecule has 250 valence electrons. The quantitative estimate of drug-likeness (QED) is 0.140. The number of carbonyl (C=O) groups excluding carboxylic acids is 2. The fourth-order valence-electron chi connectivity index (χ4n) is 5.46. The van der Waals surface area contributed by atoms with Gasteiger partial charge in [-0.15, -0.1) is 0 Å². The molecular weight excluding hydrogens is 612 g/mol. The first-order chi connectivity index (χ1) is 23.2. The Morgan fingerprint density at radius 2 is 0.896 bits per heavy atom. The van der Waals surface area contributed by atoms with Gasteiger partial charge in [-0.3, -0.25) is 29.0 Å². The summed E-state index contributed by atoms with van der Waals surface area (Å²) in [4.78, 5) is 54.4. The normalized spacial score (nSPS) is 11.3. The van der Waals surface area contributed by atoms with E-state index in [1.54, 1.807) is 48.5 Å². The highest BCUT2D eigenvalue weighted by atomic mass is 16.5. The SMILES string of the molecule is O=C(O)CN(CCN(CC(=O)OCc1ccccc1)CC(=O)OCc1ccccc1)C(Cc1ccccc1)(Cc1ccccc1)C(=O)O. The second-order valence-electron chi connectivity index (χ2n) is 11.5. The maximum atomic E-state index is 13.3. The van der Waals surface area contributed by atoms with E-state index in [1.807, 2.05) is 72.8 Å². The van der Waals surface area contributed by atoms with Gasteiger partial charge in [0.2, 0.25) is 0 Å². The van der Waals surface area contributed by atoms with E-state index in [2.05, 4.69) is 0 Å².